The second-order valence-electron chi connectivity index (χ2n) is 5.99. The zero-order chi connectivity index (χ0) is 20.9. The van der Waals surface area contributed by atoms with Gasteiger partial charge in [-0.05, 0) is 48.5 Å². The molecule has 0 aliphatic rings. The average molecular weight is 415 g/mol. The highest BCUT2D eigenvalue weighted by molar-refractivity contribution is 7.89. The molecule has 0 aliphatic carbocycles. The van der Waals surface area contributed by atoms with Gasteiger partial charge in [0, 0.05) is 12.1 Å². The zero-order valence-electron chi connectivity index (χ0n) is 16.1. The van der Waals surface area contributed by atoms with E-state index in [0.29, 0.717) is 23.0 Å². The van der Waals surface area contributed by atoms with Crippen LogP contribution in [-0.2, 0) is 16.6 Å². The van der Waals surface area contributed by atoms with E-state index in [0.717, 1.165) is 0 Å². The van der Waals surface area contributed by atoms with Gasteiger partial charge in [-0.3, -0.25) is 0 Å². The molecule has 9 heteroatoms. The van der Waals surface area contributed by atoms with Crippen LogP contribution in [-0.4, -0.2) is 43.7 Å². The normalized spacial score (nSPS) is 11.4. The second-order valence-corrected chi connectivity index (χ2v) is 7.93. The van der Waals surface area contributed by atoms with Gasteiger partial charge in [-0.25, -0.2) is 8.42 Å². The van der Waals surface area contributed by atoms with E-state index in [4.69, 9.17) is 13.9 Å². The van der Waals surface area contributed by atoms with Crippen LogP contribution < -0.4 is 9.47 Å². The van der Waals surface area contributed by atoms with Gasteiger partial charge in [0.1, 0.15) is 11.5 Å². The van der Waals surface area contributed by atoms with Gasteiger partial charge in [0.05, 0.1) is 25.7 Å². The highest BCUT2D eigenvalue weighted by atomic mass is 32.2. The van der Waals surface area contributed by atoms with E-state index < -0.39 is 10.0 Å². The number of sulfonamides is 1. The lowest BCUT2D eigenvalue weighted by atomic mass is 10.2. The van der Waals surface area contributed by atoms with E-state index in [1.54, 1.807) is 43.5 Å². The number of aromatic nitrogens is 2. The molecule has 0 N–H and O–H groups in total. The lowest BCUT2D eigenvalue weighted by Crippen LogP contribution is -2.31. The summed E-state index contributed by atoms with van der Waals surface area (Å²) in [6, 6.07) is 13.3. The lowest BCUT2D eigenvalue weighted by molar-refractivity contribution is 0.379. The Bertz CT molecular complexity index is 1060. The minimum atomic E-state index is -3.79. The number of methoxy groups -OCH3 is 2. The Kier molecular flexibility index (Phi) is 6.30. The van der Waals surface area contributed by atoms with E-state index in [9.17, 15) is 8.42 Å². The summed E-state index contributed by atoms with van der Waals surface area (Å²) in [7, 11) is -0.691. The number of nitrogens with zero attached hydrogens (tertiary/aromatic N) is 3. The fourth-order valence-corrected chi connectivity index (χ4v) is 3.97. The summed E-state index contributed by atoms with van der Waals surface area (Å²) in [5.74, 6) is 1.74. The molecule has 0 bridgehead atoms. The zero-order valence-corrected chi connectivity index (χ0v) is 16.9. The van der Waals surface area contributed by atoms with Crippen molar-refractivity contribution in [2.24, 2.45) is 0 Å². The number of benzene rings is 2. The predicted molar refractivity (Wildman–Crippen MR) is 107 cm³/mol. The van der Waals surface area contributed by atoms with Crippen molar-refractivity contribution in [3.63, 3.8) is 0 Å². The van der Waals surface area contributed by atoms with Crippen LogP contribution in [0.1, 0.15) is 5.89 Å². The summed E-state index contributed by atoms with van der Waals surface area (Å²) >= 11 is 0. The van der Waals surface area contributed by atoms with Gasteiger partial charge in [0.2, 0.25) is 21.8 Å². The maximum Gasteiger partial charge on any atom is 0.247 e. The van der Waals surface area contributed by atoms with Crippen LogP contribution in [0.15, 0.2) is 70.5 Å². The van der Waals surface area contributed by atoms with Crippen LogP contribution in [0.25, 0.3) is 11.5 Å². The molecule has 152 valence electrons. The molecule has 1 heterocycles. The summed E-state index contributed by atoms with van der Waals surface area (Å²) in [6.07, 6.45) is 1.50. The Morgan fingerprint density at radius 1 is 1.00 bits per heavy atom. The largest absolute Gasteiger partial charge is 0.497 e. The van der Waals surface area contributed by atoms with Crippen LogP contribution in [0.3, 0.4) is 0 Å². The van der Waals surface area contributed by atoms with E-state index in [2.05, 4.69) is 16.8 Å². The first kappa shape index (κ1) is 20.6. The maximum atomic E-state index is 13.0. The Labute approximate surface area is 169 Å². The second kappa shape index (κ2) is 8.89. The molecule has 2 aromatic carbocycles. The topological polar surface area (TPSA) is 94.8 Å². The van der Waals surface area contributed by atoms with Gasteiger partial charge < -0.3 is 13.9 Å². The molecular weight excluding hydrogens is 394 g/mol. The van der Waals surface area contributed by atoms with Crippen molar-refractivity contribution >= 4 is 10.0 Å². The summed E-state index contributed by atoms with van der Waals surface area (Å²) in [5, 5.41) is 7.99. The maximum absolute atomic E-state index is 13.0. The molecule has 0 aliphatic heterocycles. The monoisotopic (exact) mass is 415 g/mol. The van der Waals surface area contributed by atoms with E-state index >= 15 is 0 Å². The number of hydrogen-bond donors (Lipinski definition) is 0. The molecule has 0 atom stereocenters. The number of rotatable bonds is 9. The smallest absolute Gasteiger partial charge is 0.247 e. The molecule has 0 fully saturated rings. The highest BCUT2D eigenvalue weighted by Gasteiger charge is 2.26. The molecule has 0 saturated heterocycles. The SMILES string of the molecule is C=CCN(Cc1nnc(-c2ccc(OC)cc2)o1)S(=O)(=O)c1ccc(OC)cc1. The van der Waals surface area contributed by atoms with Crippen molar-refractivity contribution in [2.45, 2.75) is 11.4 Å². The Balaban J connectivity index is 1.82. The fraction of sp³-hybridized carbons (Fsp3) is 0.200. The predicted octanol–water partition coefficient (Wildman–Crippen LogP) is 3.13. The third kappa shape index (κ3) is 4.64. The summed E-state index contributed by atoms with van der Waals surface area (Å²) in [6.45, 7) is 3.65. The molecule has 0 saturated carbocycles. The first-order valence-electron chi connectivity index (χ1n) is 8.70. The molecule has 29 heavy (non-hydrogen) atoms. The van der Waals surface area contributed by atoms with Gasteiger partial charge in [0.25, 0.3) is 0 Å². The molecule has 0 spiro atoms. The molecule has 8 nitrogen and oxygen atoms in total. The average Bonchev–Trinajstić information content (AvgIpc) is 3.22. The first-order chi connectivity index (χ1) is 14.0. The molecule has 1 aromatic heterocycles. The van der Waals surface area contributed by atoms with Crippen molar-refractivity contribution < 1.29 is 22.3 Å². The van der Waals surface area contributed by atoms with E-state index in [-0.39, 0.29) is 23.9 Å². The van der Waals surface area contributed by atoms with Crippen LogP contribution in [0.4, 0.5) is 0 Å². The van der Waals surface area contributed by atoms with Gasteiger partial charge in [-0.15, -0.1) is 16.8 Å². The van der Waals surface area contributed by atoms with Gasteiger partial charge in [0.15, 0.2) is 0 Å². The van der Waals surface area contributed by atoms with E-state index in [1.807, 2.05) is 0 Å². The third-order valence-corrected chi connectivity index (χ3v) is 5.97. The number of ether oxygens (including phenoxy) is 2. The lowest BCUT2D eigenvalue weighted by Gasteiger charge is -2.19. The first-order valence-corrected chi connectivity index (χ1v) is 10.1. The summed E-state index contributed by atoms with van der Waals surface area (Å²) in [4.78, 5) is 0.134. The molecule has 0 unspecified atom stereocenters. The van der Waals surface area contributed by atoms with Crippen LogP contribution in [0.5, 0.6) is 11.5 Å². The van der Waals surface area contributed by atoms with Crippen molar-refractivity contribution in [3.05, 3.63) is 67.1 Å². The quantitative estimate of drug-likeness (QED) is 0.496. The van der Waals surface area contributed by atoms with Crippen molar-refractivity contribution in [2.75, 3.05) is 20.8 Å². The summed E-state index contributed by atoms with van der Waals surface area (Å²) < 4.78 is 43.1. The van der Waals surface area contributed by atoms with Crippen LogP contribution in [0.2, 0.25) is 0 Å². The molecule has 0 amide bonds. The molecule has 0 radical (unpaired) electrons. The van der Waals surface area contributed by atoms with Gasteiger partial charge >= 0.3 is 0 Å². The Morgan fingerprint density at radius 3 is 2.14 bits per heavy atom. The van der Waals surface area contributed by atoms with Gasteiger partial charge in [-0.1, -0.05) is 6.08 Å². The van der Waals surface area contributed by atoms with Crippen molar-refractivity contribution in [1.82, 2.24) is 14.5 Å². The van der Waals surface area contributed by atoms with Crippen LogP contribution >= 0.6 is 0 Å². The van der Waals surface area contributed by atoms with Crippen molar-refractivity contribution in [1.29, 1.82) is 0 Å². The van der Waals surface area contributed by atoms with E-state index in [1.165, 1.54) is 29.6 Å². The fourth-order valence-electron chi connectivity index (χ4n) is 2.61. The minimum absolute atomic E-state index is 0.0798. The van der Waals surface area contributed by atoms with Crippen LogP contribution in [0, 0.1) is 0 Å². The molecular formula is C20H21N3O5S. The highest BCUT2D eigenvalue weighted by Crippen LogP contribution is 2.24. The Morgan fingerprint density at radius 2 is 1.59 bits per heavy atom. The molecule has 3 rings (SSSR count). The third-order valence-electron chi connectivity index (χ3n) is 4.15. The van der Waals surface area contributed by atoms with Crippen molar-refractivity contribution in [3.8, 4) is 23.0 Å². The standard InChI is InChI=1S/C20H21N3O5S/c1-4-13-23(29(24,25)18-11-9-17(27-3)10-12-18)14-19-21-22-20(28-19)15-5-7-16(26-2)8-6-15/h4-12H,1,13-14H2,2-3H3. The van der Waals surface area contributed by atoms with Gasteiger partial charge in [-0.2, -0.15) is 4.31 Å². The summed E-state index contributed by atoms with van der Waals surface area (Å²) in [5.41, 5.74) is 0.706. The number of hydrogen-bond acceptors (Lipinski definition) is 7. The minimum Gasteiger partial charge on any atom is -0.497 e. The Hall–Kier alpha value is -3.17. The molecule has 3 aromatic rings.